The first-order valence-corrected chi connectivity index (χ1v) is 8.39. The first-order valence-electron chi connectivity index (χ1n) is 8.39. The minimum Gasteiger partial charge on any atom is -0.316 e. The molecule has 0 radical (unpaired) electrons. The zero-order valence-electron chi connectivity index (χ0n) is 14.1. The van der Waals surface area contributed by atoms with Crippen LogP contribution in [-0.4, -0.2) is 13.1 Å². The standard InChI is InChI=1S/C18H35N/c1-16(2)12-19-13-17(3,4)15(16)18(5,6)14-10-8-7-9-11-14/h14-15,19H,7-13H2,1-6H3. The Hall–Kier alpha value is -0.0400. The fourth-order valence-corrected chi connectivity index (χ4v) is 6.07. The third-order valence-electron chi connectivity index (χ3n) is 6.13. The van der Waals surface area contributed by atoms with E-state index in [4.69, 9.17) is 0 Å². The summed E-state index contributed by atoms with van der Waals surface area (Å²) in [7, 11) is 0. The fraction of sp³-hybridized carbons (Fsp3) is 1.00. The van der Waals surface area contributed by atoms with Crippen molar-refractivity contribution in [2.24, 2.45) is 28.1 Å². The van der Waals surface area contributed by atoms with Crippen molar-refractivity contribution in [3.63, 3.8) is 0 Å². The number of rotatable bonds is 2. The van der Waals surface area contributed by atoms with Gasteiger partial charge in [0.2, 0.25) is 0 Å². The van der Waals surface area contributed by atoms with Crippen LogP contribution in [0.2, 0.25) is 0 Å². The van der Waals surface area contributed by atoms with Crippen molar-refractivity contribution < 1.29 is 0 Å². The Kier molecular flexibility index (Phi) is 4.09. The Morgan fingerprint density at radius 2 is 1.32 bits per heavy atom. The number of piperidine rings is 1. The molecule has 2 fully saturated rings. The molecule has 1 nitrogen and oxygen atoms in total. The van der Waals surface area contributed by atoms with Gasteiger partial charge in [0.05, 0.1) is 0 Å². The van der Waals surface area contributed by atoms with Gasteiger partial charge in [-0.3, -0.25) is 0 Å². The third-order valence-corrected chi connectivity index (χ3v) is 6.13. The van der Waals surface area contributed by atoms with Gasteiger partial charge in [-0.2, -0.15) is 0 Å². The first kappa shape index (κ1) is 15.4. The number of hydrogen-bond donors (Lipinski definition) is 1. The van der Waals surface area contributed by atoms with Crippen molar-refractivity contribution in [1.82, 2.24) is 5.32 Å². The molecule has 0 aromatic carbocycles. The molecule has 0 unspecified atom stereocenters. The lowest BCUT2D eigenvalue weighted by molar-refractivity contribution is -0.0869. The number of nitrogens with one attached hydrogen (secondary N) is 1. The van der Waals surface area contributed by atoms with Crippen LogP contribution in [0.1, 0.15) is 73.6 Å². The maximum absolute atomic E-state index is 3.67. The topological polar surface area (TPSA) is 12.0 Å². The summed E-state index contributed by atoms with van der Waals surface area (Å²) in [6, 6.07) is 0. The Morgan fingerprint density at radius 3 is 1.79 bits per heavy atom. The van der Waals surface area contributed by atoms with E-state index in [0.29, 0.717) is 16.2 Å². The van der Waals surface area contributed by atoms with E-state index in [1.54, 1.807) is 0 Å². The smallest absolute Gasteiger partial charge is 0.000582 e. The lowest BCUT2D eigenvalue weighted by Gasteiger charge is -2.59. The Morgan fingerprint density at radius 1 is 0.842 bits per heavy atom. The maximum Gasteiger partial charge on any atom is 0.000582 e. The van der Waals surface area contributed by atoms with Crippen LogP contribution >= 0.6 is 0 Å². The van der Waals surface area contributed by atoms with E-state index >= 15 is 0 Å². The highest BCUT2D eigenvalue weighted by Crippen LogP contribution is 2.57. The molecule has 0 amide bonds. The normalized spacial score (nSPS) is 29.4. The van der Waals surface area contributed by atoms with Gasteiger partial charge in [-0.05, 0) is 40.9 Å². The van der Waals surface area contributed by atoms with Gasteiger partial charge in [-0.25, -0.2) is 0 Å². The summed E-state index contributed by atoms with van der Waals surface area (Å²) < 4.78 is 0. The van der Waals surface area contributed by atoms with Crippen LogP contribution in [-0.2, 0) is 0 Å². The van der Waals surface area contributed by atoms with Crippen molar-refractivity contribution >= 4 is 0 Å². The third kappa shape index (κ3) is 2.86. The largest absolute Gasteiger partial charge is 0.316 e. The van der Waals surface area contributed by atoms with Gasteiger partial charge in [0.25, 0.3) is 0 Å². The Labute approximate surface area is 120 Å². The number of hydrogen-bond acceptors (Lipinski definition) is 1. The Balaban J connectivity index is 2.28. The minimum atomic E-state index is 0.405. The van der Waals surface area contributed by atoms with Crippen molar-refractivity contribution in [3.8, 4) is 0 Å². The summed E-state index contributed by atoms with van der Waals surface area (Å²) in [4.78, 5) is 0. The molecule has 0 aromatic heterocycles. The quantitative estimate of drug-likeness (QED) is 0.751. The molecule has 1 aliphatic carbocycles. The predicted octanol–water partition coefficient (Wildman–Crippen LogP) is 4.86. The summed E-state index contributed by atoms with van der Waals surface area (Å²) in [6.45, 7) is 17.4. The van der Waals surface area contributed by atoms with E-state index in [1.807, 2.05) is 0 Å². The fourth-order valence-electron chi connectivity index (χ4n) is 6.07. The van der Waals surface area contributed by atoms with Crippen molar-refractivity contribution in [3.05, 3.63) is 0 Å². The molecule has 2 rings (SSSR count). The highest BCUT2D eigenvalue weighted by atomic mass is 14.9. The lowest BCUT2D eigenvalue weighted by atomic mass is 9.49. The van der Waals surface area contributed by atoms with Crippen molar-refractivity contribution in [1.29, 1.82) is 0 Å². The summed E-state index contributed by atoms with van der Waals surface area (Å²) in [5.41, 5.74) is 1.28. The summed E-state index contributed by atoms with van der Waals surface area (Å²) in [5.74, 6) is 1.74. The van der Waals surface area contributed by atoms with Crippen LogP contribution < -0.4 is 5.32 Å². The monoisotopic (exact) mass is 265 g/mol. The molecule has 0 aromatic rings. The summed E-state index contributed by atoms with van der Waals surface area (Å²) in [6.07, 6.45) is 7.30. The molecular weight excluding hydrogens is 230 g/mol. The predicted molar refractivity (Wildman–Crippen MR) is 84.3 cm³/mol. The van der Waals surface area contributed by atoms with Crippen LogP contribution in [0.4, 0.5) is 0 Å². The zero-order chi connectivity index (χ0) is 14.3. The minimum absolute atomic E-state index is 0.405. The summed E-state index contributed by atoms with van der Waals surface area (Å²) in [5, 5.41) is 3.67. The molecule has 0 bridgehead atoms. The van der Waals surface area contributed by atoms with Gasteiger partial charge in [0.1, 0.15) is 0 Å². The van der Waals surface area contributed by atoms with Gasteiger partial charge < -0.3 is 5.32 Å². The van der Waals surface area contributed by atoms with E-state index in [0.717, 1.165) is 11.8 Å². The SMILES string of the molecule is CC1(C)CNCC(C)(C)C1C(C)(C)C1CCCCC1. The van der Waals surface area contributed by atoms with E-state index in [-0.39, 0.29) is 0 Å². The van der Waals surface area contributed by atoms with Crippen LogP contribution in [0.5, 0.6) is 0 Å². The molecule has 0 atom stereocenters. The average molecular weight is 265 g/mol. The van der Waals surface area contributed by atoms with Crippen molar-refractivity contribution in [2.75, 3.05) is 13.1 Å². The second kappa shape index (κ2) is 5.06. The van der Waals surface area contributed by atoms with Crippen LogP contribution in [0.3, 0.4) is 0 Å². The molecule has 19 heavy (non-hydrogen) atoms. The van der Waals surface area contributed by atoms with E-state index in [1.165, 1.54) is 45.2 Å². The van der Waals surface area contributed by atoms with Gasteiger partial charge in [-0.15, -0.1) is 0 Å². The molecule has 1 heteroatoms. The van der Waals surface area contributed by atoms with Gasteiger partial charge in [0.15, 0.2) is 0 Å². The van der Waals surface area contributed by atoms with Gasteiger partial charge in [0, 0.05) is 13.1 Å². The molecule has 1 aliphatic heterocycles. The van der Waals surface area contributed by atoms with Gasteiger partial charge >= 0.3 is 0 Å². The van der Waals surface area contributed by atoms with Crippen molar-refractivity contribution in [2.45, 2.75) is 73.6 Å². The molecule has 1 saturated heterocycles. The molecule has 0 spiro atoms. The van der Waals surface area contributed by atoms with Gasteiger partial charge in [-0.1, -0.05) is 60.8 Å². The van der Waals surface area contributed by atoms with E-state index in [2.05, 4.69) is 46.9 Å². The zero-order valence-corrected chi connectivity index (χ0v) is 14.1. The maximum atomic E-state index is 3.67. The molecule has 1 heterocycles. The average Bonchev–Trinajstić information content (AvgIpc) is 2.27. The molecule has 1 N–H and O–H groups in total. The molecule has 1 saturated carbocycles. The highest BCUT2D eigenvalue weighted by molar-refractivity contribution is 5.03. The van der Waals surface area contributed by atoms with Crippen LogP contribution in [0, 0.1) is 28.1 Å². The lowest BCUT2D eigenvalue weighted by Crippen LogP contribution is -2.59. The molecular formula is C18H35N. The second-order valence-corrected chi connectivity index (χ2v) is 9.17. The molecule has 112 valence electrons. The molecule has 2 aliphatic rings. The van der Waals surface area contributed by atoms with Crippen LogP contribution in [0.25, 0.3) is 0 Å². The second-order valence-electron chi connectivity index (χ2n) is 9.17. The first-order chi connectivity index (χ1) is 8.68. The summed E-state index contributed by atoms with van der Waals surface area (Å²) >= 11 is 0. The van der Waals surface area contributed by atoms with Crippen LogP contribution in [0.15, 0.2) is 0 Å². The Bertz CT molecular complexity index is 292. The van der Waals surface area contributed by atoms with E-state index in [9.17, 15) is 0 Å². The highest BCUT2D eigenvalue weighted by Gasteiger charge is 2.53. The van der Waals surface area contributed by atoms with E-state index < -0.39 is 0 Å².